The van der Waals surface area contributed by atoms with E-state index in [9.17, 15) is 0 Å². The molecular formula is C18H27NO3. The molecule has 1 atom stereocenters. The minimum absolute atomic E-state index is 0.577. The number of hydrogen-bond acceptors (Lipinski definition) is 4. The SMILES string of the molecule is CC(NCCOc1cccc2c1OCCO2)C1CCCCC1. The molecule has 1 aliphatic heterocycles. The summed E-state index contributed by atoms with van der Waals surface area (Å²) in [6.07, 6.45) is 6.92. The Hall–Kier alpha value is -1.42. The van der Waals surface area contributed by atoms with E-state index in [0.29, 0.717) is 25.9 Å². The smallest absolute Gasteiger partial charge is 0.203 e. The van der Waals surface area contributed by atoms with Gasteiger partial charge in [-0.1, -0.05) is 25.3 Å². The molecule has 1 aliphatic carbocycles. The molecule has 4 heteroatoms. The monoisotopic (exact) mass is 305 g/mol. The van der Waals surface area contributed by atoms with Crippen molar-refractivity contribution in [1.82, 2.24) is 5.32 Å². The second-order valence-electron chi connectivity index (χ2n) is 6.27. The standard InChI is InChI=1S/C18H27NO3/c1-14(15-6-3-2-4-7-15)19-10-11-20-16-8-5-9-17-18(16)22-13-12-21-17/h5,8-9,14-15,19H,2-4,6-7,10-13H2,1H3. The number of hydrogen-bond donors (Lipinski definition) is 1. The predicted molar refractivity (Wildman–Crippen MR) is 87.0 cm³/mol. The zero-order valence-corrected chi connectivity index (χ0v) is 13.5. The van der Waals surface area contributed by atoms with Gasteiger partial charge < -0.3 is 19.5 Å². The molecule has 0 radical (unpaired) electrons. The van der Waals surface area contributed by atoms with E-state index in [1.807, 2.05) is 18.2 Å². The largest absolute Gasteiger partial charge is 0.488 e. The molecule has 1 fully saturated rings. The van der Waals surface area contributed by atoms with E-state index < -0.39 is 0 Å². The molecular weight excluding hydrogens is 278 g/mol. The molecule has 0 bridgehead atoms. The van der Waals surface area contributed by atoms with E-state index in [2.05, 4.69) is 12.2 Å². The third-order valence-electron chi connectivity index (χ3n) is 4.71. The normalized spacial score (nSPS) is 19.7. The van der Waals surface area contributed by atoms with Crippen molar-refractivity contribution in [2.75, 3.05) is 26.4 Å². The van der Waals surface area contributed by atoms with Gasteiger partial charge in [0, 0.05) is 12.6 Å². The van der Waals surface area contributed by atoms with Gasteiger partial charge in [0.05, 0.1) is 0 Å². The third kappa shape index (κ3) is 3.86. The highest BCUT2D eigenvalue weighted by molar-refractivity contribution is 5.51. The average Bonchev–Trinajstić information content (AvgIpc) is 2.59. The zero-order chi connectivity index (χ0) is 15.2. The highest BCUT2D eigenvalue weighted by Gasteiger charge is 2.20. The molecule has 1 N–H and O–H groups in total. The van der Waals surface area contributed by atoms with Gasteiger partial charge in [-0.25, -0.2) is 0 Å². The molecule has 1 saturated carbocycles. The first kappa shape index (κ1) is 15.5. The molecule has 3 rings (SSSR count). The van der Waals surface area contributed by atoms with Crippen molar-refractivity contribution < 1.29 is 14.2 Å². The Morgan fingerprint density at radius 3 is 2.86 bits per heavy atom. The van der Waals surface area contributed by atoms with Crippen LogP contribution >= 0.6 is 0 Å². The quantitative estimate of drug-likeness (QED) is 0.818. The number of nitrogens with one attached hydrogen (secondary N) is 1. The van der Waals surface area contributed by atoms with E-state index in [1.54, 1.807) is 0 Å². The number of rotatable bonds is 6. The van der Waals surface area contributed by atoms with E-state index in [-0.39, 0.29) is 0 Å². The van der Waals surface area contributed by atoms with Crippen molar-refractivity contribution in [3.8, 4) is 17.2 Å². The molecule has 0 saturated heterocycles. The second kappa shape index (κ2) is 7.73. The average molecular weight is 305 g/mol. The van der Waals surface area contributed by atoms with Gasteiger partial charge in [0.2, 0.25) is 5.75 Å². The van der Waals surface area contributed by atoms with Gasteiger partial charge in [0.25, 0.3) is 0 Å². The molecule has 0 amide bonds. The Balaban J connectivity index is 1.43. The fourth-order valence-corrected chi connectivity index (χ4v) is 3.41. The summed E-state index contributed by atoms with van der Waals surface area (Å²) in [6, 6.07) is 6.39. The maximum Gasteiger partial charge on any atom is 0.203 e. The topological polar surface area (TPSA) is 39.7 Å². The van der Waals surface area contributed by atoms with Crippen LogP contribution in [0.15, 0.2) is 18.2 Å². The Labute approximate surface area is 133 Å². The Morgan fingerprint density at radius 1 is 1.18 bits per heavy atom. The highest BCUT2D eigenvalue weighted by atomic mass is 16.6. The molecule has 1 heterocycles. The van der Waals surface area contributed by atoms with Crippen molar-refractivity contribution in [1.29, 1.82) is 0 Å². The number of para-hydroxylation sites is 1. The minimum Gasteiger partial charge on any atom is -0.488 e. The van der Waals surface area contributed by atoms with Crippen LogP contribution in [0.3, 0.4) is 0 Å². The van der Waals surface area contributed by atoms with Crippen molar-refractivity contribution in [3.63, 3.8) is 0 Å². The van der Waals surface area contributed by atoms with E-state index in [1.165, 1.54) is 32.1 Å². The first-order valence-electron chi connectivity index (χ1n) is 8.59. The van der Waals surface area contributed by atoms with Crippen LogP contribution < -0.4 is 19.5 Å². The molecule has 122 valence electrons. The van der Waals surface area contributed by atoms with Gasteiger partial charge in [0.15, 0.2) is 11.5 Å². The van der Waals surface area contributed by atoms with Gasteiger partial charge in [-0.05, 0) is 37.8 Å². The highest BCUT2D eigenvalue weighted by Crippen LogP contribution is 2.38. The van der Waals surface area contributed by atoms with Crippen LogP contribution in [0.25, 0.3) is 0 Å². The fourth-order valence-electron chi connectivity index (χ4n) is 3.41. The van der Waals surface area contributed by atoms with Crippen LogP contribution in [0.1, 0.15) is 39.0 Å². The van der Waals surface area contributed by atoms with E-state index in [0.717, 1.165) is 29.7 Å². The van der Waals surface area contributed by atoms with Crippen LogP contribution in [0.5, 0.6) is 17.2 Å². The summed E-state index contributed by atoms with van der Waals surface area (Å²) in [4.78, 5) is 0. The Morgan fingerprint density at radius 2 is 2.00 bits per heavy atom. The minimum atomic E-state index is 0.577. The molecule has 4 nitrogen and oxygen atoms in total. The molecule has 0 aromatic heterocycles. The number of ether oxygens (including phenoxy) is 3. The Kier molecular flexibility index (Phi) is 5.43. The second-order valence-corrected chi connectivity index (χ2v) is 6.27. The lowest BCUT2D eigenvalue weighted by Gasteiger charge is -2.28. The van der Waals surface area contributed by atoms with Crippen molar-refractivity contribution in [2.45, 2.75) is 45.1 Å². The van der Waals surface area contributed by atoms with Gasteiger partial charge in [0.1, 0.15) is 19.8 Å². The van der Waals surface area contributed by atoms with Crippen LogP contribution in [0, 0.1) is 5.92 Å². The van der Waals surface area contributed by atoms with Crippen LogP contribution in [0.2, 0.25) is 0 Å². The number of fused-ring (bicyclic) bond motifs is 1. The summed E-state index contributed by atoms with van der Waals surface area (Å²) in [5, 5.41) is 3.61. The molecule has 0 spiro atoms. The van der Waals surface area contributed by atoms with Crippen LogP contribution in [-0.4, -0.2) is 32.4 Å². The zero-order valence-electron chi connectivity index (χ0n) is 13.5. The lowest BCUT2D eigenvalue weighted by molar-refractivity contribution is 0.161. The van der Waals surface area contributed by atoms with Gasteiger partial charge in [-0.3, -0.25) is 0 Å². The van der Waals surface area contributed by atoms with Gasteiger partial charge >= 0.3 is 0 Å². The molecule has 1 aromatic carbocycles. The number of benzene rings is 1. The molecule has 22 heavy (non-hydrogen) atoms. The lowest BCUT2D eigenvalue weighted by atomic mass is 9.84. The third-order valence-corrected chi connectivity index (χ3v) is 4.71. The molecule has 2 aliphatic rings. The summed E-state index contributed by atoms with van der Waals surface area (Å²) in [7, 11) is 0. The maximum atomic E-state index is 5.87. The fraction of sp³-hybridized carbons (Fsp3) is 0.667. The molecule has 1 aromatic rings. The lowest BCUT2D eigenvalue weighted by Crippen LogP contribution is -2.37. The van der Waals surface area contributed by atoms with Crippen LogP contribution in [-0.2, 0) is 0 Å². The van der Waals surface area contributed by atoms with E-state index in [4.69, 9.17) is 14.2 Å². The summed E-state index contributed by atoms with van der Waals surface area (Å²) >= 11 is 0. The Bertz CT molecular complexity index is 471. The van der Waals surface area contributed by atoms with Crippen LogP contribution in [0.4, 0.5) is 0 Å². The van der Waals surface area contributed by atoms with E-state index >= 15 is 0 Å². The molecule has 1 unspecified atom stereocenters. The summed E-state index contributed by atoms with van der Waals surface area (Å²) in [6.45, 7) is 5.01. The van der Waals surface area contributed by atoms with Gasteiger partial charge in [-0.15, -0.1) is 0 Å². The first-order chi connectivity index (χ1) is 10.8. The van der Waals surface area contributed by atoms with Gasteiger partial charge in [-0.2, -0.15) is 0 Å². The first-order valence-corrected chi connectivity index (χ1v) is 8.59. The maximum absolute atomic E-state index is 5.87. The van der Waals surface area contributed by atoms with Crippen molar-refractivity contribution in [3.05, 3.63) is 18.2 Å². The van der Waals surface area contributed by atoms with Crippen molar-refractivity contribution in [2.24, 2.45) is 5.92 Å². The summed E-state index contributed by atoms with van der Waals surface area (Å²) in [5.74, 6) is 3.14. The predicted octanol–water partition coefficient (Wildman–Crippen LogP) is 3.40. The van der Waals surface area contributed by atoms with Crippen molar-refractivity contribution >= 4 is 0 Å². The summed E-state index contributed by atoms with van der Waals surface area (Å²) in [5.41, 5.74) is 0. The summed E-state index contributed by atoms with van der Waals surface area (Å²) < 4.78 is 17.1.